The van der Waals surface area contributed by atoms with Crippen molar-refractivity contribution in [2.75, 3.05) is 6.54 Å². The van der Waals surface area contributed by atoms with E-state index < -0.39 is 12.0 Å². The lowest BCUT2D eigenvalue weighted by atomic mass is 9.92. The molecular weight excluding hydrogens is 344 g/mol. The molecule has 0 bridgehead atoms. The minimum absolute atomic E-state index is 0.111. The van der Waals surface area contributed by atoms with Crippen LogP contribution in [-0.2, 0) is 16.1 Å². The zero-order valence-electron chi connectivity index (χ0n) is 15.8. The lowest BCUT2D eigenvalue weighted by molar-refractivity contribution is -0.144. The zero-order valence-corrected chi connectivity index (χ0v) is 15.8. The molecule has 1 saturated carbocycles. The Morgan fingerprint density at radius 2 is 1.78 bits per heavy atom. The summed E-state index contributed by atoms with van der Waals surface area (Å²) < 4.78 is 0. The standard InChI is InChI=1S/C21H28N2O4/c1-14-10-11-23(18(12-14)21(26)27)20(25)17-8-6-15(7-9-17)13-22-19(24)16-4-2-3-5-16/h6-9,14,16,18H,2-5,10-13H2,1H3,(H,22,24)(H,26,27). The van der Waals surface area contributed by atoms with Gasteiger partial charge in [-0.15, -0.1) is 0 Å². The van der Waals surface area contributed by atoms with E-state index in [4.69, 9.17) is 0 Å². The molecule has 1 saturated heterocycles. The number of likely N-dealkylation sites (tertiary alicyclic amines) is 1. The van der Waals surface area contributed by atoms with Gasteiger partial charge in [0.05, 0.1) is 0 Å². The van der Waals surface area contributed by atoms with Gasteiger partial charge in [0.25, 0.3) is 5.91 Å². The highest BCUT2D eigenvalue weighted by Crippen LogP contribution is 2.25. The third kappa shape index (κ3) is 4.67. The van der Waals surface area contributed by atoms with Gasteiger partial charge in [-0.2, -0.15) is 0 Å². The Bertz CT molecular complexity index is 695. The molecule has 1 aliphatic carbocycles. The predicted octanol–water partition coefficient (Wildman–Crippen LogP) is 2.82. The van der Waals surface area contributed by atoms with E-state index in [-0.39, 0.29) is 17.7 Å². The van der Waals surface area contributed by atoms with Crippen LogP contribution in [0.2, 0.25) is 0 Å². The number of nitrogens with zero attached hydrogens (tertiary/aromatic N) is 1. The van der Waals surface area contributed by atoms with Crippen LogP contribution < -0.4 is 5.32 Å². The smallest absolute Gasteiger partial charge is 0.326 e. The Balaban J connectivity index is 1.59. The molecule has 3 rings (SSSR count). The molecular formula is C21H28N2O4. The summed E-state index contributed by atoms with van der Waals surface area (Å²) in [6, 6.07) is 6.33. The number of hydrogen-bond donors (Lipinski definition) is 2. The minimum atomic E-state index is -0.943. The summed E-state index contributed by atoms with van der Waals surface area (Å²) in [6.07, 6.45) is 5.51. The van der Waals surface area contributed by atoms with Gasteiger partial charge in [-0.1, -0.05) is 31.9 Å². The Morgan fingerprint density at radius 1 is 1.11 bits per heavy atom. The van der Waals surface area contributed by atoms with Gasteiger partial charge < -0.3 is 15.3 Å². The Labute approximate surface area is 159 Å². The average Bonchev–Trinajstić information content (AvgIpc) is 3.21. The van der Waals surface area contributed by atoms with Crippen LogP contribution in [-0.4, -0.2) is 40.4 Å². The summed E-state index contributed by atoms with van der Waals surface area (Å²) in [6.45, 7) is 2.94. The molecule has 2 amide bonds. The molecule has 0 aromatic heterocycles. The van der Waals surface area contributed by atoms with Gasteiger partial charge in [-0.05, 0) is 49.3 Å². The van der Waals surface area contributed by atoms with Crippen molar-refractivity contribution in [2.45, 2.75) is 58.0 Å². The lowest BCUT2D eigenvalue weighted by Gasteiger charge is -2.36. The molecule has 27 heavy (non-hydrogen) atoms. The van der Waals surface area contributed by atoms with Crippen LogP contribution in [0.5, 0.6) is 0 Å². The largest absolute Gasteiger partial charge is 0.480 e. The molecule has 6 heteroatoms. The maximum absolute atomic E-state index is 12.8. The molecule has 1 aromatic rings. The lowest BCUT2D eigenvalue weighted by Crippen LogP contribution is -2.49. The SMILES string of the molecule is CC1CCN(C(=O)c2ccc(CNC(=O)C3CCCC3)cc2)C(C(=O)O)C1. The fourth-order valence-electron chi connectivity index (χ4n) is 4.07. The quantitative estimate of drug-likeness (QED) is 0.832. The highest BCUT2D eigenvalue weighted by molar-refractivity contribution is 5.96. The topological polar surface area (TPSA) is 86.7 Å². The second-order valence-corrected chi connectivity index (χ2v) is 7.88. The molecule has 1 aliphatic heterocycles. The molecule has 2 N–H and O–H groups in total. The van der Waals surface area contributed by atoms with E-state index >= 15 is 0 Å². The number of amides is 2. The van der Waals surface area contributed by atoms with Crippen LogP contribution >= 0.6 is 0 Å². The van der Waals surface area contributed by atoms with Crippen LogP contribution in [0.4, 0.5) is 0 Å². The summed E-state index contributed by atoms with van der Waals surface area (Å²) in [5.41, 5.74) is 1.42. The van der Waals surface area contributed by atoms with E-state index in [1.165, 1.54) is 4.90 Å². The van der Waals surface area contributed by atoms with Crippen molar-refractivity contribution in [1.29, 1.82) is 0 Å². The van der Waals surface area contributed by atoms with Crippen LogP contribution in [0, 0.1) is 11.8 Å². The highest BCUT2D eigenvalue weighted by atomic mass is 16.4. The average molecular weight is 372 g/mol. The number of carbonyl (C=O) groups is 3. The summed E-state index contributed by atoms with van der Waals surface area (Å²) >= 11 is 0. The molecule has 2 fully saturated rings. The van der Waals surface area contributed by atoms with Crippen LogP contribution in [0.1, 0.15) is 61.4 Å². The maximum atomic E-state index is 12.8. The van der Waals surface area contributed by atoms with Crippen LogP contribution in [0.15, 0.2) is 24.3 Å². The number of aliphatic carboxylic acids is 1. The van der Waals surface area contributed by atoms with Crippen molar-refractivity contribution in [3.8, 4) is 0 Å². The molecule has 0 spiro atoms. The molecule has 146 valence electrons. The van der Waals surface area contributed by atoms with Gasteiger partial charge in [-0.25, -0.2) is 4.79 Å². The van der Waals surface area contributed by atoms with Crippen molar-refractivity contribution in [1.82, 2.24) is 10.2 Å². The van der Waals surface area contributed by atoms with E-state index in [1.807, 2.05) is 19.1 Å². The molecule has 2 aliphatic rings. The monoisotopic (exact) mass is 372 g/mol. The Hall–Kier alpha value is -2.37. The number of carboxylic acid groups (broad SMARTS) is 1. The first-order valence-electron chi connectivity index (χ1n) is 9.86. The number of piperidine rings is 1. The zero-order chi connectivity index (χ0) is 19.4. The molecule has 2 atom stereocenters. The van der Waals surface area contributed by atoms with Crippen molar-refractivity contribution in [2.24, 2.45) is 11.8 Å². The van der Waals surface area contributed by atoms with Crippen molar-refractivity contribution >= 4 is 17.8 Å². The number of hydrogen-bond acceptors (Lipinski definition) is 3. The van der Waals surface area contributed by atoms with Gasteiger partial charge in [0.2, 0.25) is 5.91 Å². The van der Waals surface area contributed by atoms with E-state index in [0.29, 0.717) is 31.0 Å². The second kappa shape index (κ2) is 8.55. The third-order valence-electron chi connectivity index (χ3n) is 5.80. The van der Waals surface area contributed by atoms with Gasteiger partial charge in [0.15, 0.2) is 0 Å². The molecule has 1 aromatic carbocycles. The summed E-state index contributed by atoms with van der Waals surface area (Å²) in [5, 5.41) is 12.4. The van der Waals surface area contributed by atoms with Gasteiger partial charge >= 0.3 is 5.97 Å². The molecule has 2 unspecified atom stereocenters. The fraction of sp³-hybridized carbons (Fsp3) is 0.571. The number of nitrogens with one attached hydrogen (secondary N) is 1. The first-order chi connectivity index (χ1) is 13.0. The first kappa shape index (κ1) is 19.4. The predicted molar refractivity (Wildman–Crippen MR) is 101 cm³/mol. The van der Waals surface area contributed by atoms with E-state index in [2.05, 4.69) is 5.32 Å². The van der Waals surface area contributed by atoms with Gasteiger partial charge in [0, 0.05) is 24.6 Å². The Kier molecular flexibility index (Phi) is 6.14. The fourth-order valence-corrected chi connectivity index (χ4v) is 4.07. The highest BCUT2D eigenvalue weighted by Gasteiger charge is 2.35. The van der Waals surface area contributed by atoms with E-state index in [9.17, 15) is 19.5 Å². The third-order valence-corrected chi connectivity index (χ3v) is 5.80. The van der Waals surface area contributed by atoms with Crippen molar-refractivity contribution in [3.63, 3.8) is 0 Å². The van der Waals surface area contributed by atoms with Gasteiger partial charge in [0.1, 0.15) is 6.04 Å². The maximum Gasteiger partial charge on any atom is 0.326 e. The van der Waals surface area contributed by atoms with Gasteiger partial charge in [-0.3, -0.25) is 9.59 Å². The Morgan fingerprint density at radius 3 is 2.41 bits per heavy atom. The normalized spacial score (nSPS) is 23.2. The number of carbonyl (C=O) groups excluding carboxylic acids is 2. The van der Waals surface area contributed by atoms with Crippen LogP contribution in [0.3, 0.4) is 0 Å². The van der Waals surface area contributed by atoms with E-state index in [1.54, 1.807) is 12.1 Å². The van der Waals surface area contributed by atoms with Crippen LogP contribution in [0.25, 0.3) is 0 Å². The number of carboxylic acids is 1. The van der Waals surface area contributed by atoms with Crippen molar-refractivity contribution in [3.05, 3.63) is 35.4 Å². The summed E-state index contributed by atoms with van der Waals surface area (Å²) in [5.74, 6) is -0.627. The molecule has 1 heterocycles. The van der Waals surface area contributed by atoms with Crippen molar-refractivity contribution < 1.29 is 19.5 Å². The second-order valence-electron chi connectivity index (χ2n) is 7.88. The van der Waals surface area contributed by atoms with E-state index in [0.717, 1.165) is 37.7 Å². The molecule has 0 radical (unpaired) electrons. The molecule has 6 nitrogen and oxygen atoms in total. The minimum Gasteiger partial charge on any atom is -0.480 e. The summed E-state index contributed by atoms with van der Waals surface area (Å²) in [7, 11) is 0. The summed E-state index contributed by atoms with van der Waals surface area (Å²) in [4.78, 5) is 37.9. The number of rotatable bonds is 5. The first-order valence-corrected chi connectivity index (χ1v) is 9.86. The number of benzene rings is 1.